The van der Waals surface area contributed by atoms with Crippen LogP contribution in [-0.4, -0.2) is 12.5 Å². The van der Waals surface area contributed by atoms with E-state index in [1.807, 2.05) is 24.3 Å². The van der Waals surface area contributed by atoms with Crippen LogP contribution in [0.4, 0.5) is 5.69 Å². The van der Waals surface area contributed by atoms with Crippen LogP contribution in [0, 0.1) is 0 Å². The average molecular weight is 289 g/mol. The van der Waals surface area contributed by atoms with Gasteiger partial charge in [0.2, 0.25) is 0 Å². The molecule has 0 bridgehead atoms. The van der Waals surface area contributed by atoms with Crippen molar-refractivity contribution in [1.82, 2.24) is 5.32 Å². The number of amides is 1. The van der Waals surface area contributed by atoms with Crippen molar-refractivity contribution in [3.05, 3.63) is 58.6 Å². The summed E-state index contributed by atoms with van der Waals surface area (Å²) in [7, 11) is 0. The second-order valence-corrected chi connectivity index (χ2v) is 5.04. The predicted octanol–water partition coefficient (Wildman–Crippen LogP) is 2.79. The molecule has 2 aromatic rings. The van der Waals surface area contributed by atoms with Crippen molar-refractivity contribution in [1.29, 1.82) is 0 Å². The molecular weight excluding hydrogens is 276 g/mol. The first-order valence-electron chi connectivity index (χ1n) is 6.23. The van der Waals surface area contributed by atoms with Crippen LogP contribution >= 0.6 is 11.6 Å². The third-order valence-corrected chi connectivity index (χ3v) is 3.50. The van der Waals surface area contributed by atoms with Gasteiger partial charge in [0.15, 0.2) is 0 Å². The monoisotopic (exact) mass is 288 g/mol. The maximum absolute atomic E-state index is 12.3. The van der Waals surface area contributed by atoms with Gasteiger partial charge in [-0.3, -0.25) is 4.79 Å². The van der Waals surface area contributed by atoms with E-state index < -0.39 is 0 Å². The van der Waals surface area contributed by atoms with Gasteiger partial charge in [-0.2, -0.15) is 0 Å². The van der Waals surface area contributed by atoms with Crippen molar-refractivity contribution in [2.75, 3.05) is 12.3 Å². The Morgan fingerprint density at radius 1 is 1.30 bits per heavy atom. The van der Waals surface area contributed by atoms with Gasteiger partial charge in [0, 0.05) is 16.3 Å². The lowest BCUT2D eigenvalue weighted by molar-refractivity contribution is 0.0931. The molecule has 0 aromatic heterocycles. The normalized spacial score (nSPS) is 16.4. The van der Waals surface area contributed by atoms with Gasteiger partial charge in [0.1, 0.15) is 12.4 Å². The van der Waals surface area contributed by atoms with E-state index in [9.17, 15) is 4.79 Å². The highest BCUT2D eigenvalue weighted by atomic mass is 35.5. The molecule has 0 spiro atoms. The molecule has 4 nitrogen and oxygen atoms in total. The number of hydrogen-bond donors (Lipinski definition) is 2. The number of benzene rings is 2. The molecule has 1 heterocycles. The average Bonchev–Trinajstić information content (AvgIpc) is 2.82. The van der Waals surface area contributed by atoms with E-state index in [4.69, 9.17) is 22.1 Å². The number of anilines is 1. The van der Waals surface area contributed by atoms with Gasteiger partial charge < -0.3 is 15.8 Å². The topological polar surface area (TPSA) is 64.4 Å². The summed E-state index contributed by atoms with van der Waals surface area (Å²) in [5.74, 6) is 0.575. The molecule has 20 heavy (non-hydrogen) atoms. The van der Waals surface area contributed by atoms with Gasteiger partial charge in [-0.25, -0.2) is 0 Å². The number of halogens is 1. The van der Waals surface area contributed by atoms with Gasteiger partial charge in [0.25, 0.3) is 5.91 Å². The van der Waals surface area contributed by atoms with Crippen molar-refractivity contribution in [3.63, 3.8) is 0 Å². The number of nitrogens with two attached hydrogens (primary N) is 1. The maximum Gasteiger partial charge on any atom is 0.253 e. The Kier molecular flexibility index (Phi) is 3.24. The highest BCUT2D eigenvalue weighted by molar-refractivity contribution is 6.31. The summed E-state index contributed by atoms with van der Waals surface area (Å²) in [6.07, 6.45) is 0. The molecule has 3 N–H and O–H groups in total. The molecule has 0 fully saturated rings. The zero-order chi connectivity index (χ0) is 14.1. The van der Waals surface area contributed by atoms with Crippen LogP contribution in [0.15, 0.2) is 42.5 Å². The van der Waals surface area contributed by atoms with Crippen LogP contribution in [0.25, 0.3) is 0 Å². The minimum absolute atomic E-state index is 0.159. The lowest BCUT2D eigenvalue weighted by Gasteiger charge is -2.13. The third kappa shape index (κ3) is 2.30. The molecule has 0 radical (unpaired) electrons. The minimum Gasteiger partial charge on any atom is -0.491 e. The summed E-state index contributed by atoms with van der Waals surface area (Å²) in [6.45, 7) is 0.429. The summed E-state index contributed by atoms with van der Waals surface area (Å²) in [5.41, 5.74) is 7.57. The molecule has 2 aromatic carbocycles. The van der Waals surface area contributed by atoms with Crippen LogP contribution < -0.4 is 15.8 Å². The van der Waals surface area contributed by atoms with Gasteiger partial charge in [-0.05, 0) is 24.3 Å². The highest BCUT2D eigenvalue weighted by Gasteiger charge is 2.25. The first-order chi connectivity index (χ1) is 9.65. The fourth-order valence-corrected chi connectivity index (χ4v) is 2.44. The van der Waals surface area contributed by atoms with E-state index in [2.05, 4.69) is 5.32 Å². The number of fused-ring (bicyclic) bond motifs is 1. The molecule has 1 unspecified atom stereocenters. The van der Waals surface area contributed by atoms with E-state index in [0.29, 0.717) is 22.9 Å². The second-order valence-electron chi connectivity index (χ2n) is 4.61. The van der Waals surface area contributed by atoms with Crippen LogP contribution in [-0.2, 0) is 0 Å². The van der Waals surface area contributed by atoms with E-state index in [1.165, 1.54) is 0 Å². The molecule has 1 aliphatic rings. The smallest absolute Gasteiger partial charge is 0.253 e. The van der Waals surface area contributed by atoms with E-state index >= 15 is 0 Å². The van der Waals surface area contributed by atoms with E-state index in [0.717, 1.165) is 11.3 Å². The van der Waals surface area contributed by atoms with Gasteiger partial charge in [0.05, 0.1) is 11.6 Å². The van der Waals surface area contributed by atoms with Crippen molar-refractivity contribution < 1.29 is 9.53 Å². The lowest BCUT2D eigenvalue weighted by Crippen LogP contribution is -2.30. The molecule has 5 heteroatoms. The second kappa shape index (κ2) is 5.06. The molecular formula is C15H13ClN2O2. The van der Waals surface area contributed by atoms with Crippen molar-refractivity contribution >= 4 is 23.2 Å². The molecule has 0 saturated carbocycles. The van der Waals surface area contributed by atoms with Crippen LogP contribution in [0.2, 0.25) is 5.02 Å². The Labute approximate surface area is 121 Å². The summed E-state index contributed by atoms with van der Waals surface area (Å²) in [4.78, 5) is 12.3. The molecule has 1 amide bonds. The predicted molar refractivity (Wildman–Crippen MR) is 78.0 cm³/mol. The quantitative estimate of drug-likeness (QED) is 0.835. The fraction of sp³-hybridized carbons (Fsp3) is 0.133. The number of nitrogens with one attached hydrogen (secondary N) is 1. The van der Waals surface area contributed by atoms with Crippen LogP contribution in [0.3, 0.4) is 0 Å². The molecule has 3 rings (SSSR count). The number of rotatable bonds is 2. The van der Waals surface area contributed by atoms with Crippen molar-refractivity contribution in [2.24, 2.45) is 0 Å². The molecule has 102 valence electrons. The minimum atomic E-state index is -0.232. The first-order valence-corrected chi connectivity index (χ1v) is 6.60. The van der Waals surface area contributed by atoms with Crippen LogP contribution in [0.1, 0.15) is 22.0 Å². The molecule has 1 atom stereocenters. The zero-order valence-corrected chi connectivity index (χ0v) is 11.4. The van der Waals surface area contributed by atoms with Crippen LogP contribution in [0.5, 0.6) is 5.75 Å². The first kappa shape index (κ1) is 12.8. The highest BCUT2D eigenvalue weighted by Crippen LogP contribution is 2.32. The molecule has 0 aliphatic carbocycles. The van der Waals surface area contributed by atoms with Crippen molar-refractivity contribution in [2.45, 2.75) is 6.04 Å². The number of ether oxygens (including phenoxy) is 1. The van der Waals surface area contributed by atoms with Gasteiger partial charge in [-0.15, -0.1) is 0 Å². The van der Waals surface area contributed by atoms with Crippen molar-refractivity contribution in [3.8, 4) is 5.75 Å². The van der Waals surface area contributed by atoms with E-state index in [1.54, 1.807) is 18.2 Å². The lowest BCUT2D eigenvalue weighted by atomic mass is 10.1. The standard InChI is InChI=1S/C15H13ClN2O2/c16-9-5-6-10(12(17)7-9)15(19)18-13-8-20-14-4-2-1-3-11(13)14/h1-7,13H,8,17H2,(H,18,19). The largest absolute Gasteiger partial charge is 0.491 e. The number of hydrogen-bond acceptors (Lipinski definition) is 3. The Balaban J connectivity index is 1.81. The number of para-hydroxylation sites is 1. The Morgan fingerprint density at radius 3 is 2.90 bits per heavy atom. The Morgan fingerprint density at radius 2 is 2.10 bits per heavy atom. The Hall–Kier alpha value is -2.20. The van der Waals surface area contributed by atoms with Gasteiger partial charge in [-0.1, -0.05) is 29.8 Å². The zero-order valence-electron chi connectivity index (χ0n) is 10.6. The number of nitrogen functional groups attached to an aromatic ring is 1. The maximum atomic E-state index is 12.3. The summed E-state index contributed by atoms with van der Waals surface area (Å²) in [5, 5.41) is 3.43. The summed E-state index contributed by atoms with van der Waals surface area (Å²) in [6, 6.07) is 12.3. The number of carbonyl (C=O) groups is 1. The molecule has 1 aliphatic heterocycles. The summed E-state index contributed by atoms with van der Waals surface area (Å²) < 4.78 is 5.53. The number of carbonyl (C=O) groups excluding carboxylic acids is 1. The fourth-order valence-electron chi connectivity index (χ4n) is 2.26. The SMILES string of the molecule is Nc1cc(Cl)ccc1C(=O)NC1COc2ccccc21. The molecule has 0 saturated heterocycles. The third-order valence-electron chi connectivity index (χ3n) is 3.26. The Bertz CT molecular complexity index is 673. The summed E-state index contributed by atoms with van der Waals surface area (Å²) >= 11 is 5.83. The van der Waals surface area contributed by atoms with Gasteiger partial charge >= 0.3 is 0 Å². The van der Waals surface area contributed by atoms with E-state index in [-0.39, 0.29) is 11.9 Å².